The van der Waals surface area contributed by atoms with Crippen LogP contribution in [-0.2, 0) is 0 Å². The van der Waals surface area contributed by atoms with Gasteiger partial charge in [-0.1, -0.05) is 95.1 Å². The van der Waals surface area contributed by atoms with Crippen LogP contribution in [0.1, 0.15) is 22.3 Å². The molecule has 0 radical (unpaired) electrons. The maximum atomic E-state index is 2.49. The second kappa shape index (κ2) is 9.82. The van der Waals surface area contributed by atoms with E-state index >= 15 is 0 Å². The summed E-state index contributed by atoms with van der Waals surface area (Å²) < 4.78 is 4.98. The van der Waals surface area contributed by atoms with E-state index in [4.69, 9.17) is 0 Å². The third-order valence-corrected chi connectivity index (χ3v) is 10.5. The molecule has 2 heteroatoms. The molecule has 0 aliphatic carbocycles. The van der Waals surface area contributed by atoms with Crippen LogP contribution in [0.2, 0.25) is 0 Å². The number of aromatic nitrogens is 2. The van der Waals surface area contributed by atoms with Gasteiger partial charge in [0, 0.05) is 32.3 Å². The monoisotopic (exact) mass is 614 g/mol. The highest BCUT2D eigenvalue weighted by molar-refractivity contribution is 6.23. The van der Waals surface area contributed by atoms with E-state index in [0.717, 1.165) is 0 Å². The Balaban J connectivity index is 1.38. The lowest BCUT2D eigenvalue weighted by Gasteiger charge is -2.18. The molecule has 0 aliphatic rings. The van der Waals surface area contributed by atoms with Gasteiger partial charge in [0.25, 0.3) is 0 Å². The van der Waals surface area contributed by atoms with Crippen LogP contribution in [-0.4, -0.2) is 9.13 Å². The number of aryl methyl sites for hydroxylation is 4. The lowest BCUT2D eigenvalue weighted by molar-refractivity contribution is 1.19. The molecule has 0 N–H and O–H groups in total. The van der Waals surface area contributed by atoms with E-state index < -0.39 is 0 Å². The fourth-order valence-electron chi connectivity index (χ4n) is 8.30. The van der Waals surface area contributed by atoms with Gasteiger partial charge in [0.05, 0.1) is 33.4 Å². The highest BCUT2D eigenvalue weighted by atomic mass is 15.0. The van der Waals surface area contributed by atoms with Crippen LogP contribution in [0.15, 0.2) is 133 Å². The summed E-state index contributed by atoms with van der Waals surface area (Å²) in [6, 6.07) is 50.3. The smallest absolute Gasteiger partial charge is 0.0547 e. The molecule has 228 valence electrons. The molecule has 0 spiro atoms. The molecule has 10 aromatic rings. The molecule has 8 aromatic carbocycles. The van der Waals surface area contributed by atoms with Gasteiger partial charge in [0.15, 0.2) is 0 Å². The molecular formula is C46H34N2. The molecular weight excluding hydrogens is 581 g/mol. The Hall–Kier alpha value is -5.86. The minimum absolute atomic E-state index is 1.21. The SMILES string of the molecule is Cc1ccc2c(c1)c1cc(C)ccc1n2-c1cc2c3ccccc3c(-n3c4ccc(C)cc4c4cc(C)ccc43)cc2c2ccccc12. The molecule has 0 bridgehead atoms. The number of hydrogen-bond acceptors (Lipinski definition) is 0. The first-order chi connectivity index (χ1) is 23.4. The summed E-state index contributed by atoms with van der Waals surface area (Å²) in [5.41, 5.74) is 12.5. The molecule has 2 aromatic heterocycles. The van der Waals surface area contributed by atoms with Crippen molar-refractivity contribution in [3.8, 4) is 11.4 Å². The second-order valence-corrected chi connectivity index (χ2v) is 13.7. The van der Waals surface area contributed by atoms with Crippen LogP contribution in [0.5, 0.6) is 0 Å². The van der Waals surface area contributed by atoms with Gasteiger partial charge in [0.1, 0.15) is 0 Å². The molecule has 0 atom stereocenters. The maximum Gasteiger partial charge on any atom is 0.0547 e. The Morgan fingerprint density at radius 3 is 0.875 bits per heavy atom. The first kappa shape index (κ1) is 27.3. The molecule has 0 fully saturated rings. The topological polar surface area (TPSA) is 9.86 Å². The summed E-state index contributed by atoms with van der Waals surface area (Å²) in [7, 11) is 0. The van der Waals surface area contributed by atoms with Gasteiger partial charge in [-0.05, 0) is 110 Å². The number of benzene rings is 8. The van der Waals surface area contributed by atoms with Gasteiger partial charge in [-0.2, -0.15) is 0 Å². The molecule has 0 saturated carbocycles. The largest absolute Gasteiger partial charge is 0.309 e. The third kappa shape index (κ3) is 3.74. The number of fused-ring (bicyclic) bond motifs is 11. The number of hydrogen-bond donors (Lipinski definition) is 0. The van der Waals surface area contributed by atoms with Crippen molar-refractivity contribution in [2.45, 2.75) is 27.7 Å². The standard InChI is InChI=1S/C46H34N2/c1-27-13-17-41-37(21-27)38-22-28(2)14-18-42(38)47(41)45-25-35-32-10-6-8-12-34(32)46(26-36(35)31-9-5-7-11-33(31)45)48-43-19-15-29(3)23-39(43)40-24-30(4)16-20-44(40)48/h5-26H,1-4H3. The summed E-state index contributed by atoms with van der Waals surface area (Å²) in [5.74, 6) is 0. The van der Waals surface area contributed by atoms with Crippen molar-refractivity contribution in [1.29, 1.82) is 0 Å². The predicted molar refractivity (Wildman–Crippen MR) is 207 cm³/mol. The quantitative estimate of drug-likeness (QED) is 0.171. The van der Waals surface area contributed by atoms with Crippen LogP contribution < -0.4 is 0 Å². The second-order valence-electron chi connectivity index (χ2n) is 13.7. The molecule has 0 unspecified atom stereocenters. The van der Waals surface area contributed by atoms with Crippen LogP contribution in [0, 0.1) is 27.7 Å². The molecule has 48 heavy (non-hydrogen) atoms. The van der Waals surface area contributed by atoms with Crippen LogP contribution in [0.3, 0.4) is 0 Å². The van der Waals surface area contributed by atoms with Crippen molar-refractivity contribution in [2.24, 2.45) is 0 Å². The van der Waals surface area contributed by atoms with Crippen molar-refractivity contribution in [1.82, 2.24) is 9.13 Å². The highest BCUT2D eigenvalue weighted by Crippen LogP contribution is 2.43. The minimum Gasteiger partial charge on any atom is -0.309 e. The first-order valence-corrected chi connectivity index (χ1v) is 16.9. The fourth-order valence-corrected chi connectivity index (χ4v) is 8.30. The van der Waals surface area contributed by atoms with E-state index in [9.17, 15) is 0 Å². The van der Waals surface area contributed by atoms with Gasteiger partial charge in [-0.15, -0.1) is 0 Å². The third-order valence-electron chi connectivity index (χ3n) is 10.5. The van der Waals surface area contributed by atoms with Crippen molar-refractivity contribution < 1.29 is 0 Å². The fraction of sp³-hybridized carbons (Fsp3) is 0.0870. The van der Waals surface area contributed by atoms with Gasteiger partial charge < -0.3 is 9.13 Å². The Bertz CT molecular complexity index is 2660. The zero-order chi connectivity index (χ0) is 32.3. The summed E-state index contributed by atoms with van der Waals surface area (Å²) in [6.07, 6.45) is 0. The molecule has 2 heterocycles. The Morgan fingerprint density at radius 1 is 0.271 bits per heavy atom. The number of nitrogens with zero attached hydrogens (tertiary/aromatic N) is 2. The molecule has 2 nitrogen and oxygen atoms in total. The lowest BCUT2D eigenvalue weighted by atomic mass is 9.94. The average molecular weight is 615 g/mol. The van der Waals surface area contributed by atoms with Crippen LogP contribution >= 0.6 is 0 Å². The van der Waals surface area contributed by atoms with Crippen LogP contribution in [0.25, 0.3) is 87.3 Å². The van der Waals surface area contributed by atoms with Crippen molar-refractivity contribution in [2.75, 3.05) is 0 Å². The highest BCUT2D eigenvalue weighted by Gasteiger charge is 2.20. The van der Waals surface area contributed by atoms with E-state index in [1.165, 1.54) is 110 Å². The normalized spacial score (nSPS) is 12.2. The van der Waals surface area contributed by atoms with Gasteiger partial charge >= 0.3 is 0 Å². The molecule has 0 aliphatic heterocycles. The summed E-state index contributed by atoms with van der Waals surface area (Å²) in [4.78, 5) is 0. The lowest BCUT2D eigenvalue weighted by Crippen LogP contribution is -1.99. The summed E-state index contributed by atoms with van der Waals surface area (Å²) in [5, 5.41) is 12.8. The Labute approximate surface area is 279 Å². The zero-order valence-electron chi connectivity index (χ0n) is 27.6. The number of rotatable bonds is 2. The average Bonchev–Trinajstić information content (AvgIpc) is 3.58. The molecule has 0 saturated heterocycles. The van der Waals surface area contributed by atoms with Crippen LogP contribution in [0.4, 0.5) is 0 Å². The molecule has 0 amide bonds. The van der Waals surface area contributed by atoms with E-state index in [2.05, 4.69) is 170 Å². The predicted octanol–water partition coefficient (Wildman–Crippen LogP) is 12.6. The van der Waals surface area contributed by atoms with Gasteiger partial charge in [-0.3, -0.25) is 0 Å². The van der Waals surface area contributed by atoms with Crippen molar-refractivity contribution in [3.63, 3.8) is 0 Å². The Kier molecular flexibility index (Phi) is 5.58. The summed E-state index contributed by atoms with van der Waals surface area (Å²) in [6.45, 7) is 8.75. The zero-order valence-corrected chi connectivity index (χ0v) is 27.6. The van der Waals surface area contributed by atoms with Gasteiger partial charge in [0.2, 0.25) is 0 Å². The minimum atomic E-state index is 1.21. The first-order valence-electron chi connectivity index (χ1n) is 16.9. The van der Waals surface area contributed by atoms with E-state index in [1.54, 1.807) is 0 Å². The van der Waals surface area contributed by atoms with Crippen molar-refractivity contribution >= 4 is 75.9 Å². The van der Waals surface area contributed by atoms with Gasteiger partial charge in [-0.25, -0.2) is 0 Å². The van der Waals surface area contributed by atoms with E-state index in [0.29, 0.717) is 0 Å². The van der Waals surface area contributed by atoms with Crippen molar-refractivity contribution in [3.05, 3.63) is 156 Å². The summed E-state index contributed by atoms with van der Waals surface area (Å²) >= 11 is 0. The van der Waals surface area contributed by atoms with E-state index in [1.807, 2.05) is 0 Å². The Morgan fingerprint density at radius 2 is 0.562 bits per heavy atom. The maximum absolute atomic E-state index is 2.49. The van der Waals surface area contributed by atoms with E-state index in [-0.39, 0.29) is 0 Å². The molecule has 10 rings (SSSR count).